The molecule has 35 heavy (non-hydrogen) atoms. The molecule has 0 radical (unpaired) electrons. The van der Waals surface area contributed by atoms with E-state index in [1.807, 2.05) is 6.92 Å². The monoisotopic (exact) mass is 488 g/mol. The second-order valence-electron chi connectivity index (χ2n) is 9.69. The van der Waals surface area contributed by atoms with Gasteiger partial charge in [-0.05, 0) is 31.7 Å². The molecule has 8 nitrogen and oxygen atoms in total. The largest absolute Gasteiger partial charge is 0.503 e. The zero-order chi connectivity index (χ0) is 25.4. The lowest BCUT2D eigenvalue weighted by atomic mass is 10.0. The van der Waals surface area contributed by atoms with Gasteiger partial charge in [0.2, 0.25) is 5.43 Å². The van der Waals surface area contributed by atoms with E-state index in [9.17, 15) is 28.3 Å². The number of aromatic nitrogens is 1. The van der Waals surface area contributed by atoms with Gasteiger partial charge in [0, 0.05) is 43.5 Å². The topological polar surface area (TPSA) is 94.9 Å². The summed E-state index contributed by atoms with van der Waals surface area (Å²) in [6.07, 6.45) is 2.76. The van der Waals surface area contributed by atoms with Gasteiger partial charge in [0.15, 0.2) is 11.4 Å². The molecular weight excluding hydrogens is 458 g/mol. The van der Waals surface area contributed by atoms with Gasteiger partial charge in [-0.1, -0.05) is 19.9 Å². The Morgan fingerprint density at radius 2 is 2.00 bits per heavy atom. The van der Waals surface area contributed by atoms with Crippen molar-refractivity contribution in [2.75, 3.05) is 13.1 Å². The molecule has 1 unspecified atom stereocenters. The van der Waals surface area contributed by atoms with Gasteiger partial charge in [0.1, 0.15) is 23.4 Å². The number of carbonyl (C=O) groups is 2. The van der Waals surface area contributed by atoms with E-state index >= 15 is 0 Å². The molecule has 1 aromatic heterocycles. The summed E-state index contributed by atoms with van der Waals surface area (Å²) >= 11 is 0. The lowest BCUT2D eigenvalue weighted by Gasteiger charge is -2.50. The van der Waals surface area contributed by atoms with Crippen LogP contribution in [0.1, 0.15) is 60.0 Å². The first-order valence-corrected chi connectivity index (χ1v) is 11.8. The standard InChI is InChI=1S/C25H30F2N4O4/c1-14(2)6-8-29-9-7-15(3)31-20(29)13-30-12-18(22(32)23(33)21(30)25(31)35)24(34)28-11-16-4-5-17(26)10-19(16)27/h4-5,10,12,14-15,20,33H,6-9,11,13H2,1-3H3,(H,28,34)/t15-,20?/m1/s1. The SMILES string of the molecule is CC(C)CCN1CC[C@@H](C)N2C(=O)c3c(O)c(=O)c(C(=O)NCc4ccc(F)cc4F)cn3CC12. The van der Waals surface area contributed by atoms with E-state index in [4.69, 9.17) is 0 Å². The molecule has 2 aliphatic heterocycles. The number of amides is 2. The van der Waals surface area contributed by atoms with Gasteiger partial charge in [0.05, 0.1) is 6.54 Å². The van der Waals surface area contributed by atoms with Gasteiger partial charge in [-0.25, -0.2) is 8.78 Å². The van der Waals surface area contributed by atoms with E-state index in [-0.39, 0.29) is 35.6 Å². The van der Waals surface area contributed by atoms with Gasteiger partial charge in [-0.3, -0.25) is 19.3 Å². The summed E-state index contributed by atoms with van der Waals surface area (Å²) in [5, 5.41) is 13.1. The molecule has 0 saturated carbocycles. The fourth-order valence-corrected chi connectivity index (χ4v) is 4.75. The highest BCUT2D eigenvalue weighted by atomic mass is 19.1. The van der Waals surface area contributed by atoms with Crippen LogP contribution in [0.25, 0.3) is 0 Å². The second-order valence-corrected chi connectivity index (χ2v) is 9.69. The number of fused-ring (bicyclic) bond motifs is 2. The quantitative estimate of drug-likeness (QED) is 0.652. The Bertz CT molecular complexity index is 1210. The van der Waals surface area contributed by atoms with Gasteiger partial charge in [-0.15, -0.1) is 0 Å². The van der Waals surface area contributed by atoms with Crippen molar-refractivity contribution >= 4 is 11.8 Å². The zero-order valence-corrected chi connectivity index (χ0v) is 20.1. The molecule has 4 rings (SSSR count). The van der Waals surface area contributed by atoms with E-state index in [1.54, 1.807) is 4.90 Å². The Morgan fingerprint density at radius 1 is 1.26 bits per heavy atom. The molecule has 2 N–H and O–H groups in total. The predicted molar refractivity (Wildman–Crippen MR) is 125 cm³/mol. The highest BCUT2D eigenvalue weighted by Crippen LogP contribution is 2.31. The Kier molecular flexibility index (Phi) is 6.93. The van der Waals surface area contributed by atoms with Crippen LogP contribution in [0.15, 0.2) is 29.2 Å². The van der Waals surface area contributed by atoms with Gasteiger partial charge >= 0.3 is 0 Å². The van der Waals surface area contributed by atoms with E-state index in [2.05, 4.69) is 24.1 Å². The van der Waals surface area contributed by atoms with Crippen LogP contribution in [0.2, 0.25) is 0 Å². The van der Waals surface area contributed by atoms with Crippen LogP contribution >= 0.6 is 0 Å². The normalized spacial score (nSPS) is 20.1. The summed E-state index contributed by atoms with van der Waals surface area (Å²) in [5.74, 6) is -3.12. The van der Waals surface area contributed by atoms with Gasteiger partial charge in [0.25, 0.3) is 11.8 Å². The van der Waals surface area contributed by atoms with Gasteiger partial charge in [-0.2, -0.15) is 0 Å². The Balaban J connectivity index is 1.62. The predicted octanol–water partition coefficient (Wildman–Crippen LogP) is 2.68. The van der Waals surface area contributed by atoms with Crippen molar-refractivity contribution in [3.63, 3.8) is 0 Å². The van der Waals surface area contributed by atoms with Crippen molar-refractivity contribution in [3.05, 3.63) is 63.1 Å². The molecule has 1 saturated heterocycles. The van der Waals surface area contributed by atoms with Crippen molar-refractivity contribution < 1.29 is 23.5 Å². The minimum Gasteiger partial charge on any atom is -0.503 e. The number of rotatable bonds is 6. The fourth-order valence-electron chi connectivity index (χ4n) is 4.75. The molecule has 0 aliphatic carbocycles. The molecule has 2 aliphatic rings. The third kappa shape index (κ3) is 4.80. The Hall–Kier alpha value is -3.27. The molecule has 1 fully saturated rings. The number of hydrogen-bond donors (Lipinski definition) is 2. The van der Waals surface area contributed by atoms with Crippen molar-refractivity contribution in [1.29, 1.82) is 0 Å². The molecule has 2 aromatic rings. The Morgan fingerprint density at radius 3 is 2.69 bits per heavy atom. The van der Waals surface area contributed by atoms with Crippen molar-refractivity contribution in [1.82, 2.24) is 19.7 Å². The highest BCUT2D eigenvalue weighted by molar-refractivity contribution is 5.99. The number of benzene rings is 1. The first-order valence-electron chi connectivity index (χ1n) is 11.8. The number of pyridine rings is 1. The average Bonchev–Trinajstić information content (AvgIpc) is 2.79. The number of aromatic hydroxyl groups is 1. The molecule has 10 heteroatoms. The minimum atomic E-state index is -0.971. The second kappa shape index (κ2) is 9.77. The fraction of sp³-hybridized carbons (Fsp3) is 0.480. The molecule has 0 spiro atoms. The first-order chi connectivity index (χ1) is 16.6. The van der Waals surface area contributed by atoms with E-state index < -0.39 is 34.6 Å². The van der Waals surface area contributed by atoms with Crippen molar-refractivity contribution in [2.24, 2.45) is 5.92 Å². The van der Waals surface area contributed by atoms with Gasteiger partial charge < -0.3 is 19.9 Å². The Labute approximate surface area is 202 Å². The summed E-state index contributed by atoms with van der Waals surface area (Å²) in [6.45, 7) is 7.87. The summed E-state index contributed by atoms with van der Waals surface area (Å²) in [5.41, 5.74) is -1.41. The van der Waals surface area contributed by atoms with Crippen molar-refractivity contribution in [2.45, 2.75) is 58.9 Å². The molecule has 0 bridgehead atoms. The van der Waals surface area contributed by atoms with Crippen LogP contribution in [-0.4, -0.2) is 56.6 Å². The maximum atomic E-state index is 13.9. The first kappa shape index (κ1) is 24.8. The third-order valence-corrected chi connectivity index (χ3v) is 6.80. The smallest absolute Gasteiger partial charge is 0.276 e. The van der Waals surface area contributed by atoms with Crippen LogP contribution in [0.5, 0.6) is 5.75 Å². The molecule has 188 valence electrons. The maximum Gasteiger partial charge on any atom is 0.276 e. The summed E-state index contributed by atoms with van der Waals surface area (Å²) in [7, 11) is 0. The van der Waals surface area contributed by atoms with E-state index in [1.165, 1.54) is 16.8 Å². The number of hydrogen-bond acceptors (Lipinski definition) is 5. The highest BCUT2D eigenvalue weighted by Gasteiger charge is 2.43. The van der Waals surface area contributed by atoms with Crippen LogP contribution in [-0.2, 0) is 13.1 Å². The molecule has 3 heterocycles. The minimum absolute atomic E-state index is 0.0461. The van der Waals surface area contributed by atoms with E-state index in [0.717, 1.165) is 32.0 Å². The van der Waals surface area contributed by atoms with Crippen molar-refractivity contribution in [3.8, 4) is 5.75 Å². The number of nitrogens with zero attached hydrogens (tertiary/aromatic N) is 3. The lowest BCUT2D eigenvalue weighted by molar-refractivity contribution is -0.0338. The zero-order valence-electron chi connectivity index (χ0n) is 20.1. The van der Waals surface area contributed by atoms with Crippen LogP contribution in [0, 0.1) is 17.6 Å². The third-order valence-electron chi connectivity index (χ3n) is 6.80. The average molecular weight is 489 g/mol. The molecule has 2 atom stereocenters. The lowest BCUT2D eigenvalue weighted by Crippen LogP contribution is -2.63. The summed E-state index contributed by atoms with van der Waals surface area (Å²) in [4.78, 5) is 42.9. The number of carbonyl (C=O) groups excluding carboxylic acids is 2. The number of halogens is 2. The molecule has 2 amide bonds. The summed E-state index contributed by atoms with van der Waals surface area (Å²) in [6, 6.07) is 2.91. The maximum absolute atomic E-state index is 13.9. The number of nitrogens with one attached hydrogen (secondary N) is 1. The molecular formula is C25H30F2N4O4. The van der Waals surface area contributed by atoms with Crippen LogP contribution in [0.3, 0.4) is 0 Å². The summed E-state index contributed by atoms with van der Waals surface area (Å²) < 4.78 is 28.5. The van der Waals surface area contributed by atoms with Crippen LogP contribution < -0.4 is 10.7 Å². The van der Waals surface area contributed by atoms with E-state index in [0.29, 0.717) is 18.5 Å². The van der Waals surface area contributed by atoms with Crippen LogP contribution in [0.4, 0.5) is 8.78 Å². The molecule has 1 aromatic carbocycles.